The fourth-order valence-corrected chi connectivity index (χ4v) is 5.75. The third-order valence-corrected chi connectivity index (χ3v) is 8.63. The van der Waals surface area contributed by atoms with Crippen LogP contribution in [0.5, 0.6) is 34.5 Å². The van der Waals surface area contributed by atoms with Crippen molar-refractivity contribution in [3.63, 3.8) is 0 Å². The van der Waals surface area contributed by atoms with Gasteiger partial charge in [-0.05, 0) is 84.9 Å². The first-order valence-corrected chi connectivity index (χ1v) is 17.3. The van der Waals surface area contributed by atoms with Crippen LogP contribution in [0.2, 0.25) is 0 Å². The van der Waals surface area contributed by atoms with Gasteiger partial charge in [0, 0.05) is 12.2 Å². The van der Waals surface area contributed by atoms with E-state index in [1.807, 2.05) is 0 Å². The third kappa shape index (κ3) is 9.38. The lowest BCUT2D eigenvalue weighted by Crippen LogP contribution is -2.36. The summed E-state index contributed by atoms with van der Waals surface area (Å²) in [4.78, 5) is 74.6. The van der Waals surface area contributed by atoms with E-state index in [4.69, 9.17) is 47.4 Å². The van der Waals surface area contributed by atoms with E-state index in [9.17, 15) is 28.8 Å². The lowest BCUT2D eigenvalue weighted by atomic mass is 10.1. The van der Waals surface area contributed by atoms with Gasteiger partial charge in [-0.15, -0.1) is 0 Å². The fraction of sp³-hybridized carbons (Fsp3) is 0.190. The topological polar surface area (TPSA) is 195 Å². The maximum atomic E-state index is 13.0. The van der Waals surface area contributed by atoms with E-state index in [1.54, 1.807) is 0 Å². The highest BCUT2D eigenvalue weighted by atomic mass is 16.7. The van der Waals surface area contributed by atoms with Gasteiger partial charge in [0.1, 0.15) is 23.7 Å². The van der Waals surface area contributed by atoms with E-state index in [2.05, 4.69) is 13.2 Å². The predicted octanol–water partition coefficient (Wildman–Crippen LogP) is 4.87. The van der Waals surface area contributed by atoms with Crippen molar-refractivity contribution in [1.82, 2.24) is 0 Å². The van der Waals surface area contributed by atoms with E-state index in [-0.39, 0.29) is 70.0 Å². The second-order valence-electron chi connectivity index (χ2n) is 12.3. The van der Waals surface area contributed by atoms with Gasteiger partial charge in [0.15, 0.2) is 35.2 Å². The van der Waals surface area contributed by atoms with Crippen molar-refractivity contribution in [2.24, 2.45) is 0 Å². The molecule has 2 heterocycles. The standard InChI is InChI=1S/C42H34O16/c1-5-35(43)55-29-17-11-25(19-31(29)49-3)41(47)53-27-13-7-23(8-14-27)39(45)57-33-21-51-38-34(22-52-37(33)38)58-40(46)24-9-15-28(16-10-24)54-42(48)26-12-18-30(32(20-26)50-4)56-36(44)6-2/h5-20,33-34,37-38H,1-2,21-22H2,3-4H3/t33-,34+,37-,38-/m0/s1. The number of rotatable bonds is 14. The van der Waals surface area contributed by atoms with E-state index in [1.165, 1.54) is 99.1 Å². The molecule has 16 heteroatoms. The largest absolute Gasteiger partial charge is 0.493 e. The van der Waals surface area contributed by atoms with Gasteiger partial charge in [-0.1, -0.05) is 13.2 Å². The number of hydrogen-bond donors (Lipinski definition) is 0. The maximum Gasteiger partial charge on any atom is 0.343 e. The Bertz CT molecular complexity index is 2090. The van der Waals surface area contributed by atoms with Gasteiger partial charge in [0.05, 0.1) is 49.7 Å². The number of methoxy groups -OCH3 is 2. The molecule has 58 heavy (non-hydrogen) atoms. The lowest BCUT2D eigenvalue weighted by molar-refractivity contribution is -0.130. The molecule has 0 amide bonds. The summed E-state index contributed by atoms with van der Waals surface area (Å²) in [6, 6.07) is 19.6. The molecular weight excluding hydrogens is 760 g/mol. The minimum Gasteiger partial charge on any atom is -0.493 e. The molecule has 0 spiro atoms. The smallest absolute Gasteiger partial charge is 0.343 e. The Balaban J connectivity index is 0.979. The Labute approximate surface area is 330 Å². The summed E-state index contributed by atoms with van der Waals surface area (Å²) in [5.74, 6) is -3.49. The number of hydrogen-bond acceptors (Lipinski definition) is 16. The van der Waals surface area contributed by atoms with Crippen LogP contribution in [0.15, 0.2) is 110 Å². The first-order valence-electron chi connectivity index (χ1n) is 17.3. The third-order valence-electron chi connectivity index (χ3n) is 8.63. The number of fused-ring (bicyclic) bond motifs is 1. The van der Waals surface area contributed by atoms with E-state index in [0.29, 0.717) is 0 Å². The van der Waals surface area contributed by atoms with Gasteiger partial charge in [-0.25, -0.2) is 28.8 Å². The van der Waals surface area contributed by atoms with Crippen molar-refractivity contribution in [2.45, 2.75) is 24.4 Å². The fourth-order valence-electron chi connectivity index (χ4n) is 5.75. The zero-order valence-electron chi connectivity index (χ0n) is 30.9. The highest BCUT2D eigenvalue weighted by molar-refractivity contribution is 5.94. The SMILES string of the molecule is C=CC(=O)Oc1ccc(C(=O)Oc2ccc(C(=O)O[C@H]3CO[C@@H]4[C@H]3OC[C@H]4OC(=O)c3ccc(OC(=O)c4ccc(OC(=O)C=C)c(OC)c4)cc3)cc2)cc1OC. The highest BCUT2D eigenvalue weighted by Gasteiger charge is 2.51. The van der Waals surface area contributed by atoms with Gasteiger partial charge < -0.3 is 47.4 Å². The van der Waals surface area contributed by atoms with Crippen molar-refractivity contribution in [3.05, 3.63) is 132 Å². The van der Waals surface area contributed by atoms with Crippen LogP contribution in [-0.4, -0.2) is 87.7 Å². The number of carbonyl (C=O) groups excluding carboxylic acids is 6. The molecule has 0 unspecified atom stereocenters. The molecule has 4 aromatic rings. The summed E-state index contributed by atoms with van der Waals surface area (Å²) >= 11 is 0. The number of esters is 6. The number of ether oxygens (including phenoxy) is 10. The zero-order chi connectivity index (χ0) is 41.3. The molecule has 0 N–H and O–H groups in total. The first kappa shape index (κ1) is 40.4. The molecule has 0 aromatic heterocycles. The molecule has 298 valence electrons. The van der Waals surface area contributed by atoms with E-state index < -0.39 is 60.2 Å². The molecule has 2 fully saturated rings. The second kappa shape index (κ2) is 18.1. The highest BCUT2D eigenvalue weighted by Crippen LogP contribution is 2.33. The minimum absolute atomic E-state index is 0.00546. The first-order chi connectivity index (χ1) is 28.0. The van der Waals surface area contributed by atoms with Crippen molar-refractivity contribution >= 4 is 35.8 Å². The summed E-state index contributed by atoms with van der Waals surface area (Å²) in [7, 11) is 2.70. The van der Waals surface area contributed by atoms with Gasteiger partial charge in [0.25, 0.3) is 0 Å². The molecule has 2 aliphatic rings. The molecule has 0 saturated carbocycles. The molecule has 16 nitrogen and oxygen atoms in total. The van der Waals surface area contributed by atoms with Crippen molar-refractivity contribution in [2.75, 3.05) is 27.4 Å². The molecule has 6 rings (SSSR count). The van der Waals surface area contributed by atoms with Gasteiger partial charge in [-0.3, -0.25) is 0 Å². The van der Waals surface area contributed by atoms with Crippen molar-refractivity contribution in [3.8, 4) is 34.5 Å². The van der Waals surface area contributed by atoms with Gasteiger partial charge in [0.2, 0.25) is 0 Å². The average molecular weight is 795 g/mol. The van der Waals surface area contributed by atoms with Crippen LogP contribution in [0.3, 0.4) is 0 Å². The molecule has 2 saturated heterocycles. The van der Waals surface area contributed by atoms with E-state index >= 15 is 0 Å². The molecular formula is C42H34O16. The molecule has 2 aliphatic heterocycles. The van der Waals surface area contributed by atoms with Gasteiger partial charge >= 0.3 is 35.8 Å². The summed E-state index contributed by atoms with van der Waals surface area (Å²) in [5.41, 5.74) is 0.560. The summed E-state index contributed by atoms with van der Waals surface area (Å²) in [6.45, 7) is 6.67. The zero-order valence-corrected chi connectivity index (χ0v) is 30.9. The van der Waals surface area contributed by atoms with Crippen LogP contribution in [0.25, 0.3) is 0 Å². The number of benzene rings is 4. The second-order valence-corrected chi connectivity index (χ2v) is 12.3. The quantitative estimate of drug-likeness (QED) is 0.0952. The maximum absolute atomic E-state index is 13.0. The molecule has 0 aliphatic carbocycles. The normalized spacial score (nSPS) is 17.8. The Morgan fingerprint density at radius 1 is 0.500 bits per heavy atom. The van der Waals surface area contributed by atoms with Crippen LogP contribution in [0.1, 0.15) is 41.4 Å². The van der Waals surface area contributed by atoms with Crippen LogP contribution in [-0.2, 0) is 28.5 Å². The van der Waals surface area contributed by atoms with Crippen LogP contribution >= 0.6 is 0 Å². The summed E-state index contributed by atoms with van der Waals surface area (Å²) < 4.78 is 54.3. The van der Waals surface area contributed by atoms with Crippen LogP contribution in [0.4, 0.5) is 0 Å². The number of carbonyl (C=O) groups is 6. The van der Waals surface area contributed by atoms with Crippen LogP contribution < -0.4 is 28.4 Å². The molecule has 0 bridgehead atoms. The molecule has 0 radical (unpaired) electrons. The lowest BCUT2D eigenvalue weighted by Gasteiger charge is -2.17. The predicted molar refractivity (Wildman–Crippen MR) is 198 cm³/mol. The average Bonchev–Trinajstić information content (AvgIpc) is 3.83. The molecule has 4 aromatic carbocycles. The molecule has 4 atom stereocenters. The van der Waals surface area contributed by atoms with Crippen molar-refractivity contribution in [1.29, 1.82) is 0 Å². The summed E-state index contributed by atoms with van der Waals surface area (Å²) in [5, 5.41) is 0. The van der Waals surface area contributed by atoms with Crippen LogP contribution in [0, 0.1) is 0 Å². The Hall–Kier alpha value is -7.30. The van der Waals surface area contributed by atoms with Crippen molar-refractivity contribution < 1.29 is 76.1 Å². The van der Waals surface area contributed by atoms with Gasteiger partial charge in [-0.2, -0.15) is 0 Å². The summed E-state index contributed by atoms with van der Waals surface area (Å²) in [6.07, 6.45) is -1.01. The Morgan fingerprint density at radius 2 is 0.862 bits per heavy atom. The Kier molecular flexibility index (Phi) is 12.6. The van der Waals surface area contributed by atoms with E-state index in [0.717, 1.165) is 12.2 Å². The monoisotopic (exact) mass is 794 g/mol. The Morgan fingerprint density at radius 3 is 1.21 bits per heavy atom. The minimum atomic E-state index is -0.797.